The second-order valence-corrected chi connectivity index (χ2v) is 6.71. The number of nitrogens with zero attached hydrogens (tertiary/aromatic N) is 2. The van der Waals surface area contributed by atoms with Crippen molar-refractivity contribution < 1.29 is 14.2 Å². The van der Waals surface area contributed by atoms with Gasteiger partial charge in [0, 0.05) is 0 Å². The van der Waals surface area contributed by atoms with Crippen LogP contribution < -0.4 is 14.2 Å². The van der Waals surface area contributed by atoms with Gasteiger partial charge in [0.2, 0.25) is 0 Å². The fourth-order valence-corrected chi connectivity index (χ4v) is 3.32. The van der Waals surface area contributed by atoms with Gasteiger partial charge in [0.1, 0.15) is 23.9 Å². The molecule has 0 fully saturated rings. The largest absolute Gasteiger partial charge is 0.497 e. The first-order valence-electron chi connectivity index (χ1n) is 9.68. The zero-order chi connectivity index (χ0) is 20.1. The van der Waals surface area contributed by atoms with E-state index >= 15 is 0 Å². The molecule has 148 valence electrons. The van der Waals surface area contributed by atoms with Crippen LogP contribution in [-0.2, 0) is 6.54 Å². The van der Waals surface area contributed by atoms with Crippen LogP contribution in [0.3, 0.4) is 0 Å². The molecule has 0 unspecified atom stereocenters. The standard InChI is InChI=1S/C24H24N2O3/c1-18(29-21-8-4-3-5-9-21)24-25-22-10-6-7-11-23(22)26(24)16-17-28-20-14-12-19(27-2)13-15-20/h3-15,18H,16-17H2,1-2H3/t18-/m0/s1. The van der Waals surface area contributed by atoms with Crippen LogP contribution >= 0.6 is 0 Å². The summed E-state index contributed by atoms with van der Waals surface area (Å²) in [7, 11) is 1.65. The Balaban J connectivity index is 1.52. The second kappa shape index (κ2) is 8.69. The summed E-state index contributed by atoms with van der Waals surface area (Å²) in [6.45, 7) is 3.22. The quantitative estimate of drug-likeness (QED) is 0.413. The number of methoxy groups -OCH3 is 1. The van der Waals surface area contributed by atoms with Gasteiger partial charge in [0.05, 0.1) is 24.7 Å². The molecule has 29 heavy (non-hydrogen) atoms. The Labute approximate surface area is 170 Å². The minimum atomic E-state index is -0.189. The molecule has 0 aliphatic heterocycles. The second-order valence-electron chi connectivity index (χ2n) is 6.71. The van der Waals surface area contributed by atoms with E-state index in [1.54, 1.807) is 7.11 Å². The van der Waals surface area contributed by atoms with Crippen molar-refractivity contribution in [1.29, 1.82) is 0 Å². The van der Waals surface area contributed by atoms with Crippen molar-refractivity contribution in [2.45, 2.75) is 19.6 Å². The van der Waals surface area contributed by atoms with E-state index in [1.165, 1.54) is 0 Å². The fraction of sp³-hybridized carbons (Fsp3) is 0.208. The third kappa shape index (κ3) is 4.35. The highest BCUT2D eigenvalue weighted by atomic mass is 16.5. The number of hydrogen-bond donors (Lipinski definition) is 0. The summed E-state index contributed by atoms with van der Waals surface area (Å²) in [5.74, 6) is 3.33. The molecule has 5 heteroatoms. The molecule has 0 N–H and O–H groups in total. The molecule has 0 aliphatic rings. The maximum Gasteiger partial charge on any atom is 0.153 e. The fourth-order valence-electron chi connectivity index (χ4n) is 3.32. The molecule has 0 radical (unpaired) electrons. The Hall–Kier alpha value is -3.47. The maximum absolute atomic E-state index is 6.12. The molecule has 0 amide bonds. The average Bonchev–Trinajstić information content (AvgIpc) is 3.14. The van der Waals surface area contributed by atoms with Crippen molar-refractivity contribution in [3.05, 3.63) is 84.7 Å². The maximum atomic E-state index is 6.12. The molecular formula is C24H24N2O3. The molecule has 0 saturated heterocycles. The van der Waals surface area contributed by atoms with Gasteiger partial charge in [-0.3, -0.25) is 0 Å². The SMILES string of the molecule is COc1ccc(OCCn2c([C@H](C)Oc3ccccc3)nc3ccccc32)cc1. The molecule has 1 heterocycles. The number of ether oxygens (including phenoxy) is 3. The van der Waals surface area contributed by atoms with Gasteiger partial charge >= 0.3 is 0 Å². The van der Waals surface area contributed by atoms with Crippen molar-refractivity contribution in [3.63, 3.8) is 0 Å². The number of hydrogen-bond acceptors (Lipinski definition) is 4. The summed E-state index contributed by atoms with van der Waals surface area (Å²) < 4.78 is 19.4. The Bertz CT molecular complexity index is 1060. The normalized spacial score (nSPS) is 11.9. The molecule has 0 saturated carbocycles. The lowest BCUT2D eigenvalue weighted by molar-refractivity contribution is 0.207. The smallest absolute Gasteiger partial charge is 0.153 e. The number of rotatable bonds is 8. The van der Waals surface area contributed by atoms with Crippen molar-refractivity contribution in [2.75, 3.05) is 13.7 Å². The summed E-state index contributed by atoms with van der Waals surface area (Å²) in [6, 6.07) is 25.5. The van der Waals surface area contributed by atoms with Crippen LogP contribution in [0.2, 0.25) is 0 Å². The molecule has 1 aromatic heterocycles. The molecule has 1 atom stereocenters. The summed E-state index contributed by atoms with van der Waals surface area (Å²) in [5.41, 5.74) is 2.03. The van der Waals surface area contributed by atoms with Crippen LogP contribution in [-0.4, -0.2) is 23.3 Å². The van der Waals surface area contributed by atoms with Gasteiger partial charge in [-0.05, 0) is 55.5 Å². The van der Waals surface area contributed by atoms with E-state index in [4.69, 9.17) is 19.2 Å². The minimum Gasteiger partial charge on any atom is -0.497 e. The highest BCUT2D eigenvalue weighted by molar-refractivity contribution is 5.76. The molecule has 3 aromatic carbocycles. The van der Waals surface area contributed by atoms with Gasteiger partial charge in [-0.15, -0.1) is 0 Å². The topological polar surface area (TPSA) is 45.5 Å². The molecular weight excluding hydrogens is 364 g/mol. The van der Waals surface area contributed by atoms with E-state index in [9.17, 15) is 0 Å². The summed E-state index contributed by atoms with van der Waals surface area (Å²) >= 11 is 0. The average molecular weight is 388 g/mol. The molecule has 0 spiro atoms. The first-order valence-corrected chi connectivity index (χ1v) is 9.68. The van der Waals surface area contributed by atoms with Crippen molar-refractivity contribution in [1.82, 2.24) is 9.55 Å². The lowest BCUT2D eigenvalue weighted by atomic mass is 10.3. The van der Waals surface area contributed by atoms with Gasteiger partial charge in [-0.1, -0.05) is 30.3 Å². The summed E-state index contributed by atoms with van der Waals surface area (Å²) in [4.78, 5) is 4.82. The van der Waals surface area contributed by atoms with Crippen molar-refractivity contribution in [2.24, 2.45) is 0 Å². The summed E-state index contributed by atoms with van der Waals surface area (Å²) in [5, 5.41) is 0. The molecule has 5 nitrogen and oxygen atoms in total. The molecule has 0 aliphatic carbocycles. The van der Waals surface area contributed by atoms with Crippen LogP contribution in [0.1, 0.15) is 18.9 Å². The molecule has 4 aromatic rings. The third-order valence-electron chi connectivity index (χ3n) is 4.75. The highest BCUT2D eigenvalue weighted by Gasteiger charge is 2.18. The lowest BCUT2D eigenvalue weighted by Crippen LogP contribution is -2.15. The Morgan fingerprint density at radius 1 is 0.828 bits per heavy atom. The van der Waals surface area contributed by atoms with E-state index in [0.29, 0.717) is 13.2 Å². The zero-order valence-corrected chi connectivity index (χ0v) is 16.6. The minimum absolute atomic E-state index is 0.189. The van der Waals surface area contributed by atoms with Crippen LogP contribution in [0.4, 0.5) is 0 Å². The van der Waals surface area contributed by atoms with E-state index in [2.05, 4.69) is 10.6 Å². The van der Waals surface area contributed by atoms with Gasteiger partial charge in [0.15, 0.2) is 11.9 Å². The predicted molar refractivity (Wildman–Crippen MR) is 114 cm³/mol. The van der Waals surface area contributed by atoms with Crippen LogP contribution in [0.25, 0.3) is 11.0 Å². The third-order valence-corrected chi connectivity index (χ3v) is 4.75. The highest BCUT2D eigenvalue weighted by Crippen LogP contribution is 2.25. The number of fused-ring (bicyclic) bond motifs is 1. The monoisotopic (exact) mass is 388 g/mol. The van der Waals surface area contributed by atoms with Gasteiger partial charge in [-0.25, -0.2) is 4.98 Å². The van der Waals surface area contributed by atoms with Crippen LogP contribution in [0, 0.1) is 0 Å². The van der Waals surface area contributed by atoms with Crippen molar-refractivity contribution >= 4 is 11.0 Å². The number of benzene rings is 3. The van der Waals surface area contributed by atoms with Gasteiger partial charge in [-0.2, -0.15) is 0 Å². The Kier molecular flexibility index (Phi) is 5.66. The van der Waals surface area contributed by atoms with E-state index in [0.717, 1.165) is 34.1 Å². The zero-order valence-electron chi connectivity index (χ0n) is 16.6. The van der Waals surface area contributed by atoms with Crippen molar-refractivity contribution in [3.8, 4) is 17.2 Å². The van der Waals surface area contributed by atoms with E-state index in [-0.39, 0.29) is 6.10 Å². The Morgan fingerprint density at radius 2 is 1.52 bits per heavy atom. The lowest BCUT2D eigenvalue weighted by Gasteiger charge is -2.17. The van der Waals surface area contributed by atoms with Crippen LogP contribution in [0.15, 0.2) is 78.9 Å². The number of aromatic nitrogens is 2. The first-order chi connectivity index (χ1) is 14.2. The predicted octanol–water partition coefficient (Wildman–Crippen LogP) is 5.26. The van der Waals surface area contributed by atoms with E-state index in [1.807, 2.05) is 79.7 Å². The van der Waals surface area contributed by atoms with Gasteiger partial charge < -0.3 is 18.8 Å². The number of para-hydroxylation sites is 3. The summed E-state index contributed by atoms with van der Waals surface area (Å²) in [6.07, 6.45) is -0.189. The van der Waals surface area contributed by atoms with Gasteiger partial charge in [0.25, 0.3) is 0 Å². The Morgan fingerprint density at radius 3 is 2.28 bits per heavy atom. The van der Waals surface area contributed by atoms with E-state index < -0.39 is 0 Å². The number of imidazole rings is 1. The first kappa shape index (κ1) is 18.9. The molecule has 4 rings (SSSR count). The van der Waals surface area contributed by atoms with Crippen LogP contribution in [0.5, 0.6) is 17.2 Å². The molecule has 0 bridgehead atoms.